The van der Waals surface area contributed by atoms with Gasteiger partial charge in [0.05, 0.1) is 18.2 Å². The number of hydrogen-bond donors (Lipinski definition) is 4. The monoisotopic (exact) mass is 342 g/mol. The molecule has 4 atom stereocenters. The molecule has 25 heavy (non-hydrogen) atoms. The third-order valence-corrected chi connectivity index (χ3v) is 4.47. The number of ether oxygens (including phenoxy) is 1. The summed E-state index contributed by atoms with van der Waals surface area (Å²) in [6, 6.07) is 3.35. The molecule has 1 aliphatic rings. The second-order valence-electron chi connectivity index (χ2n) is 5.89. The van der Waals surface area contributed by atoms with E-state index >= 15 is 0 Å². The van der Waals surface area contributed by atoms with E-state index in [0.29, 0.717) is 21.7 Å². The van der Waals surface area contributed by atoms with E-state index < -0.39 is 30.6 Å². The summed E-state index contributed by atoms with van der Waals surface area (Å²) in [4.78, 5) is 12.0. The first kappa shape index (κ1) is 15.7. The summed E-state index contributed by atoms with van der Waals surface area (Å²) < 4.78 is 6.79. The molecular weight excluding hydrogens is 328 g/mol. The molecule has 0 aliphatic carbocycles. The molecule has 0 saturated carbocycles. The van der Waals surface area contributed by atoms with Crippen LogP contribution >= 0.6 is 0 Å². The normalized spacial score (nSPS) is 29.3. The molecule has 4 rings (SSSR count). The lowest BCUT2D eigenvalue weighted by Crippen LogP contribution is -2.46. The predicted molar refractivity (Wildman–Crippen MR) is 86.4 cm³/mol. The third-order valence-electron chi connectivity index (χ3n) is 4.47. The van der Waals surface area contributed by atoms with Crippen LogP contribution in [0.1, 0.15) is 6.23 Å². The molecule has 3 aromatic rings. The number of H-pyrrole nitrogens is 1. The van der Waals surface area contributed by atoms with Crippen molar-refractivity contribution in [2.75, 3.05) is 6.61 Å². The van der Waals surface area contributed by atoms with Crippen molar-refractivity contribution in [3.8, 4) is 12.3 Å². The molecule has 4 N–H and O–H groups in total. The zero-order chi connectivity index (χ0) is 17.8. The van der Waals surface area contributed by atoms with Crippen LogP contribution in [-0.4, -0.2) is 59.7 Å². The largest absolute Gasteiger partial charge is 0.394 e. The molecule has 0 amide bonds. The number of aromatic nitrogens is 4. The van der Waals surface area contributed by atoms with Crippen molar-refractivity contribution in [3.63, 3.8) is 0 Å². The SMILES string of the molecule is C#C[C@@]1(O)[C@H](O)[C@@H](CO)O[C@H]1n1cc2ccc3c(=O)[nH]ncc(n1)c23. The van der Waals surface area contributed by atoms with Crippen LogP contribution in [0.25, 0.3) is 21.7 Å². The average molecular weight is 342 g/mol. The Kier molecular flexibility index (Phi) is 3.38. The summed E-state index contributed by atoms with van der Waals surface area (Å²) in [6.07, 6.45) is 4.57. The highest BCUT2D eigenvalue weighted by molar-refractivity contribution is 6.08. The Balaban J connectivity index is 1.95. The van der Waals surface area contributed by atoms with E-state index in [9.17, 15) is 20.1 Å². The minimum absolute atomic E-state index is 0.349. The highest BCUT2D eigenvalue weighted by Crippen LogP contribution is 2.38. The van der Waals surface area contributed by atoms with Crippen LogP contribution in [0.3, 0.4) is 0 Å². The van der Waals surface area contributed by atoms with Gasteiger partial charge in [-0.15, -0.1) is 6.42 Å². The van der Waals surface area contributed by atoms with E-state index in [1.807, 2.05) is 0 Å². The summed E-state index contributed by atoms with van der Waals surface area (Å²) >= 11 is 0. The van der Waals surface area contributed by atoms with Crippen molar-refractivity contribution < 1.29 is 20.1 Å². The fourth-order valence-electron chi connectivity index (χ4n) is 3.18. The quantitative estimate of drug-likeness (QED) is 0.434. The van der Waals surface area contributed by atoms with Crippen molar-refractivity contribution in [1.29, 1.82) is 0 Å². The first-order chi connectivity index (χ1) is 12.0. The van der Waals surface area contributed by atoms with Gasteiger partial charge in [-0.3, -0.25) is 4.79 Å². The van der Waals surface area contributed by atoms with E-state index in [1.165, 1.54) is 10.9 Å². The zero-order valence-electron chi connectivity index (χ0n) is 12.8. The Hall–Kier alpha value is -2.77. The molecule has 0 bridgehead atoms. The van der Waals surface area contributed by atoms with E-state index in [-0.39, 0.29) is 5.56 Å². The van der Waals surface area contributed by atoms with Crippen LogP contribution in [-0.2, 0) is 4.74 Å². The van der Waals surface area contributed by atoms with Gasteiger partial charge in [0.2, 0.25) is 5.60 Å². The lowest BCUT2D eigenvalue weighted by atomic mass is 9.95. The summed E-state index contributed by atoms with van der Waals surface area (Å²) in [5.74, 6) is 2.14. The van der Waals surface area contributed by atoms with E-state index in [0.717, 1.165) is 0 Å². The van der Waals surface area contributed by atoms with Crippen LogP contribution in [0.5, 0.6) is 0 Å². The molecule has 1 aromatic carbocycles. The molecule has 9 heteroatoms. The first-order valence-electron chi connectivity index (χ1n) is 7.49. The Morgan fingerprint density at radius 2 is 2.28 bits per heavy atom. The summed E-state index contributed by atoms with van der Waals surface area (Å²) in [7, 11) is 0. The Bertz CT molecular complexity index is 1070. The van der Waals surface area contributed by atoms with Crippen molar-refractivity contribution in [2.45, 2.75) is 24.0 Å². The number of aliphatic hydroxyl groups excluding tert-OH is 2. The second-order valence-corrected chi connectivity index (χ2v) is 5.89. The maximum absolute atomic E-state index is 12.0. The number of terminal acetylenes is 1. The third kappa shape index (κ3) is 2.09. The van der Waals surface area contributed by atoms with Crippen molar-refractivity contribution >= 4 is 21.7 Å². The van der Waals surface area contributed by atoms with Gasteiger partial charge in [-0.2, -0.15) is 10.2 Å². The average Bonchev–Trinajstić information content (AvgIpc) is 3.09. The minimum atomic E-state index is -2.07. The molecule has 1 saturated heterocycles. The van der Waals surface area contributed by atoms with Crippen LogP contribution in [0.2, 0.25) is 0 Å². The summed E-state index contributed by atoms with van der Waals surface area (Å²) in [6.45, 7) is -0.516. The first-order valence-corrected chi connectivity index (χ1v) is 7.49. The maximum atomic E-state index is 12.0. The fraction of sp³-hybridized carbons (Fsp3) is 0.312. The van der Waals surface area contributed by atoms with Gasteiger partial charge in [-0.25, -0.2) is 9.78 Å². The van der Waals surface area contributed by atoms with Gasteiger partial charge in [0.25, 0.3) is 5.56 Å². The number of nitrogens with one attached hydrogen (secondary N) is 1. The van der Waals surface area contributed by atoms with E-state index in [1.54, 1.807) is 18.3 Å². The number of rotatable bonds is 2. The topological polar surface area (TPSA) is 133 Å². The summed E-state index contributed by atoms with van der Waals surface area (Å²) in [5, 5.41) is 42.3. The standard InChI is InChI=1S/C16H14N4O5/c1-2-16(24)13(22)11(7-21)25-15(16)20-6-8-3-4-9-12(8)10(19-20)5-17-18-14(9)23/h1,3-6,11,13,15,21-22,24H,7H2,(H,18,23)/t11-,13-,15-,16-/m1/s1. The van der Waals surface area contributed by atoms with Crippen molar-refractivity contribution in [2.24, 2.45) is 0 Å². The number of nitrogens with zero attached hydrogens (tertiary/aromatic N) is 3. The van der Waals surface area contributed by atoms with Crippen molar-refractivity contribution in [1.82, 2.24) is 20.0 Å². The minimum Gasteiger partial charge on any atom is -0.394 e. The smallest absolute Gasteiger partial charge is 0.272 e. The molecule has 1 fully saturated rings. The van der Waals surface area contributed by atoms with Crippen LogP contribution in [0.15, 0.2) is 29.3 Å². The number of aliphatic hydroxyl groups is 3. The van der Waals surface area contributed by atoms with Crippen molar-refractivity contribution in [3.05, 3.63) is 34.9 Å². The number of hydrogen-bond acceptors (Lipinski definition) is 7. The summed E-state index contributed by atoms with van der Waals surface area (Å²) in [5.41, 5.74) is -2.05. The van der Waals surface area contributed by atoms with E-state index in [2.05, 4.69) is 21.2 Å². The van der Waals surface area contributed by atoms with Crippen LogP contribution in [0.4, 0.5) is 0 Å². The van der Waals surface area contributed by atoms with Gasteiger partial charge in [0, 0.05) is 17.0 Å². The molecule has 128 valence electrons. The van der Waals surface area contributed by atoms with E-state index in [4.69, 9.17) is 11.2 Å². The molecule has 0 unspecified atom stereocenters. The Labute approximate surface area is 140 Å². The van der Waals surface area contributed by atoms with Gasteiger partial charge in [0.1, 0.15) is 17.7 Å². The number of aromatic amines is 1. The van der Waals surface area contributed by atoms with Gasteiger partial charge in [-0.1, -0.05) is 12.0 Å². The van der Waals surface area contributed by atoms with Crippen LogP contribution < -0.4 is 5.56 Å². The highest BCUT2D eigenvalue weighted by atomic mass is 16.6. The Morgan fingerprint density at radius 1 is 1.48 bits per heavy atom. The Morgan fingerprint density at radius 3 is 3.00 bits per heavy atom. The molecule has 9 nitrogen and oxygen atoms in total. The molecular formula is C16H14N4O5. The fourth-order valence-corrected chi connectivity index (χ4v) is 3.18. The lowest BCUT2D eigenvalue weighted by Gasteiger charge is -2.26. The molecule has 0 spiro atoms. The highest BCUT2D eigenvalue weighted by Gasteiger charge is 2.55. The van der Waals surface area contributed by atoms with Gasteiger partial charge in [-0.05, 0) is 6.07 Å². The lowest BCUT2D eigenvalue weighted by molar-refractivity contribution is -0.0804. The van der Waals surface area contributed by atoms with Gasteiger partial charge < -0.3 is 20.1 Å². The predicted octanol–water partition coefficient (Wildman–Crippen LogP) is -1.11. The molecule has 3 heterocycles. The zero-order valence-corrected chi connectivity index (χ0v) is 12.8. The van der Waals surface area contributed by atoms with Crippen LogP contribution in [0, 0.1) is 12.3 Å². The second kappa shape index (κ2) is 5.37. The maximum Gasteiger partial charge on any atom is 0.272 e. The van der Waals surface area contributed by atoms with Gasteiger partial charge >= 0.3 is 0 Å². The van der Waals surface area contributed by atoms with Gasteiger partial charge in [0.15, 0.2) is 6.23 Å². The molecule has 2 aromatic heterocycles. The molecule has 1 aliphatic heterocycles. The molecule has 0 radical (unpaired) electrons.